The molecule has 2 aromatic rings. The van der Waals surface area contributed by atoms with Gasteiger partial charge in [-0.25, -0.2) is 0 Å². The van der Waals surface area contributed by atoms with Crippen molar-refractivity contribution in [1.82, 2.24) is 9.44 Å². The molecule has 0 bridgehead atoms. The molecular formula is C32H38F4N2O4S2Ti. The van der Waals surface area contributed by atoms with E-state index in [1.807, 2.05) is 0 Å². The van der Waals surface area contributed by atoms with E-state index in [9.17, 15) is 16.8 Å². The van der Waals surface area contributed by atoms with E-state index in [1.165, 1.54) is 26.0 Å². The first-order valence-corrected chi connectivity index (χ1v) is 21.4. The second-order valence-corrected chi connectivity index (χ2v) is 21.1. The van der Waals surface area contributed by atoms with Crippen LogP contribution in [0.15, 0.2) is 68.5 Å². The molecule has 6 nitrogen and oxygen atoms in total. The number of hydrogen-bond donors (Lipinski definition) is 2. The molecule has 13 heteroatoms. The van der Waals surface area contributed by atoms with Gasteiger partial charge >= 0.3 is 268 Å². The van der Waals surface area contributed by atoms with Gasteiger partial charge in [-0.2, -0.15) is 0 Å². The van der Waals surface area contributed by atoms with Gasteiger partial charge in [-0.05, 0) is 0 Å². The molecule has 45 heavy (non-hydrogen) atoms. The Morgan fingerprint density at radius 2 is 1.07 bits per heavy atom. The van der Waals surface area contributed by atoms with Crippen molar-refractivity contribution in [1.29, 1.82) is 0 Å². The van der Waals surface area contributed by atoms with E-state index in [-0.39, 0.29) is 82.0 Å². The Balaban J connectivity index is 1.86. The van der Waals surface area contributed by atoms with Gasteiger partial charge in [-0.15, -0.1) is 0 Å². The van der Waals surface area contributed by atoms with Crippen LogP contribution in [0.1, 0.15) is 50.7 Å². The SMILES string of the molecule is CCS(=O)(=O)NCCCc1ccc(F)[c]([Ti]([C]2=CC=CC2)([C]2=CC=CC2)[c]2c(F)ccc(CCCNS(=O)(=O)CC)c2F)c1F. The molecule has 0 amide bonds. The van der Waals surface area contributed by atoms with Gasteiger partial charge in [0.05, 0.1) is 0 Å². The van der Waals surface area contributed by atoms with Gasteiger partial charge in [0.25, 0.3) is 0 Å². The van der Waals surface area contributed by atoms with E-state index in [4.69, 9.17) is 0 Å². The van der Waals surface area contributed by atoms with Crippen LogP contribution in [0, 0.1) is 23.3 Å². The number of sulfonamides is 2. The van der Waals surface area contributed by atoms with Crippen LogP contribution < -0.4 is 17.2 Å². The van der Waals surface area contributed by atoms with Crippen LogP contribution in [0.25, 0.3) is 0 Å². The summed E-state index contributed by atoms with van der Waals surface area (Å²) >= 11 is -5.00. The molecule has 2 aliphatic rings. The fraction of sp³-hybridized carbons (Fsp3) is 0.375. The molecule has 0 heterocycles. The van der Waals surface area contributed by atoms with Crippen molar-refractivity contribution in [2.24, 2.45) is 0 Å². The number of hydrogen-bond acceptors (Lipinski definition) is 4. The Bertz CT molecular complexity index is 1640. The molecule has 0 atom stereocenters. The molecule has 0 saturated carbocycles. The van der Waals surface area contributed by atoms with Gasteiger partial charge < -0.3 is 0 Å². The molecule has 0 aliphatic heterocycles. The Labute approximate surface area is 266 Å². The topological polar surface area (TPSA) is 92.3 Å². The summed E-state index contributed by atoms with van der Waals surface area (Å²) in [6.07, 6.45) is 11.7. The summed E-state index contributed by atoms with van der Waals surface area (Å²) in [7, 11) is -6.90. The van der Waals surface area contributed by atoms with Crippen LogP contribution in [-0.4, -0.2) is 41.4 Å². The molecule has 4 rings (SSSR count). The van der Waals surface area contributed by atoms with Crippen LogP contribution in [0.3, 0.4) is 0 Å². The molecule has 0 aromatic heterocycles. The van der Waals surface area contributed by atoms with Gasteiger partial charge in [0.1, 0.15) is 0 Å². The maximum atomic E-state index is 16.8. The predicted octanol–water partition coefficient (Wildman–Crippen LogP) is 4.78. The first kappa shape index (κ1) is 35.5. The van der Waals surface area contributed by atoms with Crippen LogP contribution in [-0.2, 0) is 49.5 Å². The van der Waals surface area contributed by atoms with Crippen LogP contribution in [0.5, 0.6) is 0 Å². The zero-order valence-electron chi connectivity index (χ0n) is 25.3. The van der Waals surface area contributed by atoms with E-state index in [1.54, 1.807) is 36.5 Å². The number of halogens is 4. The van der Waals surface area contributed by atoms with Crippen molar-refractivity contribution < 1.29 is 51.0 Å². The zero-order valence-corrected chi connectivity index (χ0v) is 28.5. The summed E-state index contributed by atoms with van der Waals surface area (Å²) in [6, 6.07) is 4.88. The molecule has 0 fully saturated rings. The number of aryl methyl sites for hydroxylation is 2. The van der Waals surface area contributed by atoms with E-state index in [0.29, 0.717) is 7.76 Å². The van der Waals surface area contributed by atoms with Crippen molar-refractivity contribution in [2.45, 2.75) is 52.4 Å². The fourth-order valence-electron chi connectivity index (χ4n) is 5.91. The molecule has 0 saturated heterocycles. The summed E-state index contributed by atoms with van der Waals surface area (Å²) in [5.41, 5.74) is 0.269. The minimum atomic E-state index is -5.00. The molecule has 244 valence electrons. The van der Waals surface area contributed by atoms with Gasteiger partial charge in [0, 0.05) is 0 Å². The van der Waals surface area contributed by atoms with E-state index < -0.39 is 59.9 Å². The number of nitrogens with one attached hydrogen (secondary N) is 2. The maximum absolute atomic E-state index is 16.8. The second-order valence-electron chi connectivity index (χ2n) is 11.0. The van der Waals surface area contributed by atoms with Crippen molar-refractivity contribution >= 4 is 27.8 Å². The summed E-state index contributed by atoms with van der Waals surface area (Å²) in [4.78, 5) is 0. The number of rotatable bonds is 16. The molecule has 0 spiro atoms. The zero-order chi connectivity index (χ0) is 32.8. The van der Waals surface area contributed by atoms with E-state index in [2.05, 4.69) is 9.44 Å². The Morgan fingerprint density at radius 3 is 1.40 bits per heavy atom. The van der Waals surface area contributed by atoms with Crippen molar-refractivity contribution in [2.75, 3.05) is 24.6 Å². The number of benzene rings is 2. The minimum absolute atomic E-state index is 0.0543. The Hall–Kier alpha value is -2.35. The van der Waals surface area contributed by atoms with Crippen LogP contribution in [0.4, 0.5) is 17.6 Å². The van der Waals surface area contributed by atoms with Crippen molar-refractivity contribution in [3.05, 3.63) is 103 Å². The van der Waals surface area contributed by atoms with Gasteiger partial charge in [-0.3, -0.25) is 0 Å². The molecule has 2 aliphatic carbocycles. The van der Waals surface area contributed by atoms with Crippen molar-refractivity contribution in [3.63, 3.8) is 0 Å². The Kier molecular flexibility index (Phi) is 11.9. The average Bonchev–Trinajstić information content (AvgIpc) is 3.74. The summed E-state index contributed by atoms with van der Waals surface area (Å²) in [5.74, 6) is -3.72. The third kappa shape index (κ3) is 7.80. The van der Waals surface area contributed by atoms with Crippen LogP contribution in [0.2, 0.25) is 0 Å². The first-order valence-electron chi connectivity index (χ1n) is 15.0. The quantitative estimate of drug-likeness (QED) is 0.150. The Morgan fingerprint density at radius 1 is 0.667 bits per heavy atom. The average molecular weight is 703 g/mol. The molecular weight excluding hydrogens is 664 g/mol. The van der Waals surface area contributed by atoms with Crippen LogP contribution >= 0.6 is 0 Å². The molecule has 2 aromatic carbocycles. The van der Waals surface area contributed by atoms with Gasteiger partial charge in [-0.1, -0.05) is 0 Å². The molecule has 0 unspecified atom stereocenters. The standard InChI is InChI=1S/2C11H14F2NO2S.2C5H5.Ti/c2*1-2-17(15,16)14-7-3-4-9-5-6-10(12)8-11(9)13;2*1-2-4-5-3-1;/h2*5-6,14H,2-4,7H2,1H3;2*1-3H,4H2;. The third-order valence-corrected chi connectivity index (χ3v) is 19.0. The second kappa shape index (κ2) is 15.0. The molecule has 2 N–H and O–H groups in total. The first-order chi connectivity index (χ1) is 21.4. The van der Waals surface area contributed by atoms with Crippen molar-refractivity contribution in [3.8, 4) is 0 Å². The fourth-order valence-corrected chi connectivity index (χ4v) is 15.6. The summed E-state index contributed by atoms with van der Waals surface area (Å²) in [5, 5.41) is 0. The van der Waals surface area contributed by atoms with Gasteiger partial charge in [0.15, 0.2) is 0 Å². The van der Waals surface area contributed by atoms with E-state index >= 15 is 17.6 Å². The van der Waals surface area contributed by atoms with E-state index in [0.717, 1.165) is 12.1 Å². The summed E-state index contributed by atoms with van der Waals surface area (Å²) < 4.78 is 119. The predicted molar refractivity (Wildman–Crippen MR) is 167 cm³/mol. The molecule has 0 radical (unpaired) electrons. The normalized spacial score (nSPS) is 15.2. The monoisotopic (exact) mass is 702 g/mol. The third-order valence-electron chi connectivity index (χ3n) is 8.25. The number of allylic oxidation sites excluding steroid dienone is 8. The summed E-state index contributed by atoms with van der Waals surface area (Å²) in [6.45, 7) is 3.11. The van der Waals surface area contributed by atoms with Gasteiger partial charge in [0.2, 0.25) is 0 Å².